The molecule has 19 heteroatoms. The zero-order chi connectivity index (χ0) is 42.7. The molecule has 320 valence electrons. The number of nitriles is 1. The molecule has 2 aromatic rings. The van der Waals surface area contributed by atoms with E-state index in [1.54, 1.807) is 39.0 Å². The van der Waals surface area contributed by atoms with Crippen molar-refractivity contribution in [2.75, 3.05) is 13.7 Å². The fourth-order valence-corrected chi connectivity index (χ4v) is 9.58. The average molecular weight is 844 g/mol. The largest absolute Gasteiger partial charge is 0.497 e. The third-order valence-electron chi connectivity index (χ3n) is 12.5. The molecule has 59 heavy (non-hydrogen) atoms. The predicted octanol–water partition coefficient (Wildman–Crippen LogP) is 3.91. The first kappa shape index (κ1) is 42.3. The summed E-state index contributed by atoms with van der Waals surface area (Å²) in [4.78, 5) is 67.3. The summed E-state index contributed by atoms with van der Waals surface area (Å²) < 4.78 is 73.3. The Hall–Kier alpha value is -4.86. The Kier molecular flexibility index (Phi) is 11.2. The number of amides is 4. The summed E-state index contributed by atoms with van der Waals surface area (Å²) in [6, 6.07) is 4.36. The van der Waals surface area contributed by atoms with Gasteiger partial charge in [0.1, 0.15) is 41.3 Å². The molecule has 3 aliphatic carbocycles. The summed E-state index contributed by atoms with van der Waals surface area (Å²) >= 11 is 0. The predicted molar refractivity (Wildman–Crippen MR) is 206 cm³/mol. The van der Waals surface area contributed by atoms with Gasteiger partial charge in [-0.25, -0.2) is 32.0 Å². The molecule has 3 saturated carbocycles. The molecule has 1 aromatic heterocycles. The van der Waals surface area contributed by atoms with E-state index in [9.17, 15) is 41.6 Å². The van der Waals surface area contributed by atoms with Crippen molar-refractivity contribution in [3.63, 3.8) is 0 Å². The normalized spacial score (nSPS) is 30.6. The zero-order valence-electron chi connectivity index (χ0n) is 33.8. The van der Waals surface area contributed by atoms with Gasteiger partial charge in [-0.05, 0) is 75.3 Å². The van der Waals surface area contributed by atoms with Crippen molar-refractivity contribution in [1.29, 1.82) is 5.26 Å². The number of halogens is 2. The van der Waals surface area contributed by atoms with E-state index < -0.39 is 92.4 Å². The first-order valence-corrected chi connectivity index (χ1v) is 21.6. The van der Waals surface area contributed by atoms with Gasteiger partial charge in [0.25, 0.3) is 5.91 Å². The quantitative estimate of drug-likeness (QED) is 0.345. The van der Waals surface area contributed by atoms with Crippen LogP contribution in [-0.4, -0.2) is 102 Å². The number of aryl methyl sites for hydroxylation is 1. The van der Waals surface area contributed by atoms with Crippen LogP contribution in [0.5, 0.6) is 11.6 Å². The molecular formula is C40H51F2N7O9S. The Labute approximate surface area is 341 Å². The third-order valence-corrected chi connectivity index (χ3v) is 14.7. The molecule has 7 rings (SSSR count). The van der Waals surface area contributed by atoms with Gasteiger partial charge in [0.05, 0.1) is 41.4 Å². The first-order valence-electron chi connectivity index (χ1n) is 20.1. The van der Waals surface area contributed by atoms with Gasteiger partial charge in [-0.1, -0.05) is 33.6 Å². The summed E-state index contributed by atoms with van der Waals surface area (Å²) in [7, 11) is -2.78. The highest BCUT2D eigenvalue weighted by molar-refractivity contribution is 7.91. The average Bonchev–Trinajstić information content (AvgIpc) is 4.12. The van der Waals surface area contributed by atoms with Crippen molar-refractivity contribution in [1.82, 2.24) is 30.2 Å². The highest BCUT2D eigenvalue weighted by Gasteiger charge is 2.68. The van der Waals surface area contributed by atoms with Crippen LogP contribution in [0.15, 0.2) is 18.2 Å². The van der Waals surface area contributed by atoms with Gasteiger partial charge in [-0.3, -0.25) is 19.1 Å². The number of sulfonamides is 1. The molecule has 3 N–H and O–H groups in total. The third kappa shape index (κ3) is 8.46. The van der Waals surface area contributed by atoms with Crippen LogP contribution < -0.4 is 24.8 Å². The van der Waals surface area contributed by atoms with Gasteiger partial charge >= 0.3 is 6.09 Å². The van der Waals surface area contributed by atoms with Crippen molar-refractivity contribution in [3.8, 4) is 17.7 Å². The molecule has 1 aromatic carbocycles. The van der Waals surface area contributed by atoms with Gasteiger partial charge < -0.3 is 29.7 Å². The van der Waals surface area contributed by atoms with Gasteiger partial charge in [0.15, 0.2) is 0 Å². The number of hydrogen-bond donors (Lipinski definition) is 3. The number of carbonyl (C=O) groups is 4. The minimum absolute atomic E-state index is 0.110. The topological polar surface area (TPSA) is 219 Å². The van der Waals surface area contributed by atoms with Crippen LogP contribution >= 0.6 is 0 Å². The molecule has 1 saturated heterocycles. The van der Waals surface area contributed by atoms with E-state index in [0.717, 1.165) is 24.2 Å². The standard InChI is InChI=1S/C40H51F2N7O9S/c1-38(2,3)31-35(51)49-20-29(23(13-16-43)30(49)33(50)47-40(19-24(40)32(41)42)36(52)48-59(54,55)39(4)14-15-39)57-34-26(44-25-12-11-22(56-5)18-27(25)45-34)10-8-6-7-9-21-17-28(21)58-37(53)46-31/h11-12,18,21,23-24,28-32H,6-10,13-15,17,19-20H2,1-5H3,(H,46,53)(H,47,50)(H,48,52)/t21-,23-,24?,28-,29+,30+,31-,40-/m1/s1. The lowest BCUT2D eigenvalue weighted by Crippen LogP contribution is -2.61. The molecule has 3 heterocycles. The van der Waals surface area contributed by atoms with E-state index in [4.69, 9.17) is 24.2 Å². The number of benzene rings is 1. The molecule has 0 radical (unpaired) electrons. The Morgan fingerprint density at radius 3 is 2.51 bits per heavy atom. The van der Waals surface area contributed by atoms with Crippen molar-refractivity contribution >= 4 is 44.9 Å². The van der Waals surface area contributed by atoms with E-state index in [1.165, 1.54) is 14.0 Å². The number of ether oxygens (including phenoxy) is 3. The molecule has 0 spiro atoms. The molecule has 2 aliphatic heterocycles. The second-order valence-corrected chi connectivity index (χ2v) is 20.1. The second-order valence-electron chi connectivity index (χ2n) is 17.9. The van der Waals surface area contributed by atoms with Crippen LogP contribution in [-0.2, 0) is 35.6 Å². The smallest absolute Gasteiger partial charge is 0.408 e. The Morgan fingerprint density at radius 1 is 1.12 bits per heavy atom. The van der Waals surface area contributed by atoms with Crippen molar-refractivity contribution in [3.05, 3.63) is 23.9 Å². The Morgan fingerprint density at radius 2 is 1.86 bits per heavy atom. The van der Waals surface area contributed by atoms with Crippen LogP contribution in [0.1, 0.15) is 91.2 Å². The van der Waals surface area contributed by atoms with Gasteiger partial charge in [0, 0.05) is 18.4 Å². The number of fused-ring (bicyclic) bond motifs is 5. The van der Waals surface area contributed by atoms with Gasteiger partial charge in [-0.15, -0.1) is 0 Å². The SMILES string of the molecule is COc1ccc2nc3c(nc2c1)O[C@H]1CN(C(=O)[C@H](C(C)(C)C)NC(=O)O[C@@H]2C[C@H]2CCCCC3)[C@H](C(=O)N[C@]2(C(=O)NS(=O)(=O)C3(C)CC3)CC2C(F)F)[C@@H]1CC#N. The summed E-state index contributed by atoms with van der Waals surface area (Å²) in [5.74, 6) is -5.21. The van der Waals surface area contributed by atoms with Gasteiger partial charge in [-0.2, -0.15) is 5.26 Å². The minimum Gasteiger partial charge on any atom is -0.497 e. The highest BCUT2D eigenvalue weighted by Crippen LogP contribution is 2.50. The number of alkyl carbamates (subject to hydrolysis) is 1. The zero-order valence-corrected chi connectivity index (χ0v) is 34.6. The van der Waals surface area contributed by atoms with E-state index in [-0.39, 0.29) is 43.7 Å². The lowest BCUT2D eigenvalue weighted by molar-refractivity contribution is -0.143. The van der Waals surface area contributed by atoms with Crippen molar-refractivity contribution in [2.45, 2.75) is 133 Å². The Balaban J connectivity index is 1.29. The van der Waals surface area contributed by atoms with E-state index >= 15 is 0 Å². The van der Waals surface area contributed by atoms with Crippen LogP contribution in [0, 0.1) is 34.5 Å². The van der Waals surface area contributed by atoms with Gasteiger partial charge in [0.2, 0.25) is 34.1 Å². The molecule has 2 bridgehead atoms. The number of aromatic nitrogens is 2. The number of rotatable bonds is 8. The van der Waals surface area contributed by atoms with Crippen molar-refractivity contribution in [2.24, 2.45) is 23.2 Å². The van der Waals surface area contributed by atoms with Crippen LogP contribution in [0.25, 0.3) is 11.0 Å². The van der Waals surface area contributed by atoms with E-state index in [1.807, 2.05) is 4.72 Å². The fraction of sp³-hybridized carbons (Fsp3) is 0.675. The van der Waals surface area contributed by atoms with Crippen molar-refractivity contribution < 1.29 is 50.6 Å². The molecule has 4 fully saturated rings. The van der Waals surface area contributed by atoms with E-state index in [2.05, 4.69) is 16.7 Å². The van der Waals surface area contributed by atoms with Crippen LogP contribution in [0.3, 0.4) is 0 Å². The molecule has 16 nitrogen and oxygen atoms in total. The summed E-state index contributed by atoms with van der Waals surface area (Å²) in [6.07, 6.45) is -1.38. The summed E-state index contributed by atoms with van der Waals surface area (Å²) in [6.45, 7) is 6.22. The molecule has 5 aliphatic rings. The summed E-state index contributed by atoms with van der Waals surface area (Å²) in [5.41, 5.74) is -1.77. The number of nitrogens with zero attached hydrogens (tertiary/aromatic N) is 4. The minimum atomic E-state index is -4.29. The Bertz CT molecular complexity index is 2180. The van der Waals surface area contributed by atoms with Crippen LogP contribution in [0.2, 0.25) is 0 Å². The number of carbonyl (C=O) groups excluding carboxylic acids is 4. The molecule has 1 unspecified atom stereocenters. The monoisotopic (exact) mass is 843 g/mol. The second kappa shape index (κ2) is 15.6. The van der Waals surface area contributed by atoms with Crippen LogP contribution in [0.4, 0.5) is 13.6 Å². The van der Waals surface area contributed by atoms with E-state index in [0.29, 0.717) is 41.7 Å². The maximum absolute atomic E-state index is 14.8. The lowest BCUT2D eigenvalue weighted by atomic mass is 9.85. The number of alkyl halides is 2. The molecular weight excluding hydrogens is 793 g/mol. The highest BCUT2D eigenvalue weighted by atomic mass is 32.2. The maximum atomic E-state index is 14.8. The lowest BCUT2D eigenvalue weighted by Gasteiger charge is -2.36. The summed E-state index contributed by atoms with van der Waals surface area (Å²) in [5, 5.41) is 15.3. The number of nitrogens with one attached hydrogen (secondary N) is 3. The number of methoxy groups -OCH3 is 1. The maximum Gasteiger partial charge on any atom is 0.408 e. The fourth-order valence-electron chi connectivity index (χ4n) is 8.27. The first-order chi connectivity index (χ1) is 27.8. The molecule has 4 amide bonds. The molecule has 8 atom stereocenters. The number of hydrogen-bond acceptors (Lipinski definition) is 12.